The highest BCUT2D eigenvalue weighted by molar-refractivity contribution is 5.32. The van der Waals surface area contributed by atoms with Crippen LogP contribution in [0.1, 0.15) is 5.69 Å². The Hall–Kier alpha value is -1.09. The molecular weight excluding hydrogens is 162 g/mol. The first kappa shape index (κ1) is 8.51. The van der Waals surface area contributed by atoms with Crippen LogP contribution in [0.2, 0.25) is 0 Å². The maximum absolute atomic E-state index is 3.39. The molecule has 3 heteroatoms. The third-order valence-corrected chi connectivity index (χ3v) is 2.47. The molecule has 1 aliphatic heterocycles. The Morgan fingerprint density at radius 1 is 1.31 bits per heavy atom. The molecule has 0 atom stereocenters. The minimum atomic E-state index is 1.15. The van der Waals surface area contributed by atoms with Crippen molar-refractivity contribution in [2.24, 2.45) is 0 Å². The topological polar surface area (TPSA) is 34.0 Å². The second kappa shape index (κ2) is 3.75. The van der Waals surface area contributed by atoms with E-state index in [-0.39, 0.29) is 0 Å². The average Bonchev–Trinajstić information content (AvgIpc) is 2.19. The molecule has 0 bridgehead atoms. The van der Waals surface area contributed by atoms with E-state index in [4.69, 9.17) is 0 Å². The van der Waals surface area contributed by atoms with Crippen molar-refractivity contribution in [3.05, 3.63) is 23.9 Å². The van der Waals surface area contributed by atoms with Crippen molar-refractivity contribution in [1.29, 1.82) is 0 Å². The van der Waals surface area contributed by atoms with Gasteiger partial charge in [0.2, 0.25) is 0 Å². The van der Waals surface area contributed by atoms with Crippen LogP contribution in [-0.4, -0.2) is 26.2 Å². The molecule has 2 heterocycles. The molecule has 0 spiro atoms. The van der Waals surface area contributed by atoms with Crippen molar-refractivity contribution >= 4 is 5.82 Å². The molecule has 13 heavy (non-hydrogen) atoms. The van der Waals surface area contributed by atoms with E-state index < -0.39 is 0 Å². The van der Waals surface area contributed by atoms with Crippen molar-refractivity contribution in [3.8, 4) is 0 Å². The number of pyridine rings is 1. The zero-order valence-corrected chi connectivity index (χ0v) is 8.09. The Morgan fingerprint density at radius 2 is 2.08 bits per heavy atom. The number of aromatic amines is 1. The van der Waals surface area contributed by atoms with Crippen LogP contribution in [-0.2, 0) is 0 Å². The lowest BCUT2D eigenvalue weighted by atomic mass is 10.3. The van der Waals surface area contributed by atoms with Crippen LogP contribution in [0.5, 0.6) is 0 Å². The number of aryl methyl sites for hydroxylation is 1. The van der Waals surface area contributed by atoms with Crippen molar-refractivity contribution in [1.82, 2.24) is 0 Å². The summed E-state index contributed by atoms with van der Waals surface area (Å²) in [4.78, 5) is 5.80. The lowest BCUT2D eigenvalue weighted by Gasteiger charge is -2.19. The lowest BCUT2D eigenvalue weighted by Crippen LogP contribution is -2.90. The molecule has 1 aliphatic rings. The summed E-state index contributed by atoms with van der Waals surface area (Å²) in [7, 11) is 0. The smallest absolute Gasteiger partial charge is 0.274 e. The summed E-state index contributed by atoms with van der Waals surface area (Å²) in [5, 5.41) is 2.37. The quantitative estimate of drug-likeness (QED) is 0.601. The molecule has 0 radical (unpaired) electrons. The maximum Gasteiger partial charge on any atom is 0.274 e. The fourth-order valence-electron chi connectivity index (χ4n) is 1.74. The van der Waals surface area contributed by atoms with Gasteiger partial charge in [0.1, 0.15) is 26.2 Å². The second-order valence-electron chi connectivity index (χ2n) is 3.57. The zero-order chi connectivity index (χ0) is 9.10. The van der Waals surface area contributed by atoms with Crippen molar-refractivity contribution in [3.63, 3.8) is 0 Å². The standard InChI is InChI=1S/C10H15N3/c1-9-3-2-4-10(12-9)13-7-5-11-6-8-13/h2-4,11H,5-8H2,1H3/p+2. The molecule has 3 N–H and O–H groups in total. The molecule has 70 valence electrons. The molecule has 0 unspecified atom stereocenters. The molecule has 0 amide bonds. The minimum Gasteiger partial charge on any atom is -0.340 e. The number of piperazine rings is 1. The zero-order valence-electron chi connectivity index (χ0n) is 8.09. The Balaban J connectivity index is 2.14. The molecule has 1 fully saturated rings. The molecule has 0 aromatic carbocycles. The summed E-state index contributed by atoms with van der Waals surface area (Å²) in [6.07, 6.45) is 0. The number of aromatic nitrogens is 1. The van der Waals surface area contributed by atoms with Crippen LogP contribution in [0.15, 0.2) is 18.2 Å². The van der Waals surface area contributed by atoms with Crippen molar-refractivity contribution in [2.45, 2.75) is 6.92 Å². The van der Waals surface area contributed by atoms with Crippen molar-refractivity contribution < 1.29 is 10.3 Å². The summed E-state index contributed by atoms with van der Waals surface area (Å²) < 4.78 is 0. The van der Waals surface area contributed by atoms with E-state index in [1.165, 1.54) is 24.6 Å². The highest BCUT2D eigenvalue weighted by Crippen LogP contribution is 2.05. The van der Waals surface area contributed by atoms with Gasteiger partial charge in [0.05, 0.1) is 5.69 Å². The second-order valence-corrected chi connectivity index (χ2v) is 3.57. The monoisotopic (exact) mass is 179 g/mol. The van der Waals surface area contributed by atoms with Gasteiger partial charge < -0.3 is 5.32 Å². The largest absolute Gasteiger partial charge is 0.340 e. The van der Waals surface area contributed by atoms with Gasteiger partial charge in [-0.1, -0.05) is 6.07 Å². The Morgan fingerprint density at radius 3 is 2.77 bits per heavy atom. The highest BCUT2D eigenvalue weighted by Gasteiger charge is 2.19. The fraction of sp³-hybridized carbons (Fsp3) is 0.500. The summed E-state index contributed by atoms with van der Waals surface area (Å²) in [5.41, 5.74) is 1.23. The number of anilines is 1. The lowest BCUT2D eigenvalue weighted by molar-refractivity contribution is -0.656. The van der Waals surface area contributed by atoms with Crippen molar-refractivity contribution in [2.75, 3.05) is 31.1 Å². The predicted molar refractivity (Wildman–Crippen MR) is 51.6 cm³/mol. The third-order valence-electron chi connectivity index (χ3n) is 2.47. The normalized spacial score (nSPS) is 17.5. The van der Waals surface area contributed by atoms with E-state index in [9.17, 15) is 0 Å². The van der Waals surface area contributed by atoms with E-state index in [1.807, 2.05) is 0 Å². The highest BCUT2D eigenvalue weighted by atomic mass is 15.2. The number of hydrogen-bond donors (Lipinski definition) is 1. The number of nitrogens with two attached hydrogens (primary N) is 1. The first-order valence-corrected chi connectivity index (χ1v) is 4.92. The molecule has 1 saturated heterocycles. The Bertz CT molecular complexity index is 279. The van der Waals surface area contributed by atoms with E-state index in [2.05, 4.69) is 40.3 Å². The van der Waals surface area contributed by atoms with Crippen LogP contribution in [0, 0.1) is 6.92 Å². The number of hydrogen-bond acceptors (Lipinski definition) is 1. The molecule has 3 nitrogen and oxygen atoms in total. The molecule has 0 aliphatic carbocycles. The van der Waals surface area contributed by atoms with Crippen LogP contribution in [0.4, 0.5) is 5.82 Å². The molecule has 0 saturated carbocycles. The van der Waals surface area contributed by atoms with Crippen LogP contribution < -0.4 is 15.2 Å². The third kappa shape index (κ3) is 1.98. The number of nitrogens with one attached hydrogen (secondary N) is 1. The van der Waals surface area contributed by atoms with Gasteiger partial charge in [-0.2, -0.15) is 0 Å². The first-order chi connectivity index (χ1) is 6.36. The van der Waals surface area contributed by atoms with E-state index in [0.29, 0.717) is 0 Å². The van der Waals surface area contributed by atoms with Crippen LogP contribution in [0.25, 0.3) is 0 Å². The number of quaternary nitrogens is 1. The Labute approximate surface area is 78.8 Å². The van der Waals surface area contributed by atoms with Gasteiger partial charge in [-0.25, -0.2) is 4.98 Å². The number of rotatable bonds is 1. The van der Waals surface area contributed by atoms with E-state index >= 15 is 0 Å². The first-order valence-electron chi connectivity index (χ1n) is 4.92. The van der Waals surface area contributed by atoms with Gasteiger partial charge in [0.25, 0.3) is 5.82 Å². The molecule has 1 aromatic rings. The van der Waals surface area contributed by atoms with Gasteiger partial charge in [-0.15, -0.1) is 0 Å². The van der Waals surface area contributed by atoms with Crippen LogP contribution >= 0.6 is 0 Å². The number of nitrogens with zero attached hydrogens (tertiary/aromatic N) is 1. The van der Waals surface area contributed by atoms with Gasteiger partial charge in [0.15, 0.2) is 0 Å². The molecule has 1 aromatic heterocycles. The summed E-state index contributed by atoms with van der Waals surface area (Å²) in [6.45, 7) is 6.82. The van der Waals surface area contributed by atoms with Gasteiger partial charge in [-0.05, 0) is 13.0 Å². The molecule has 2 rings (SSSR count). The van der Waals surface area contributed by atoms with Gasteiger partial charge in [0, 0.05) is 6.07 Å². The number of H-pyrrole nitrogens is 1. The minimum absolute atomic E-state index is 1.15. The summed E-state index contributed by atoms with van der Waals surface area (Å²) in [6, 6.07) is 6.36. The molecular formula is C10H17N3+2. The summed E-state index contributed by atoms with van der Waals surface area (Å²) >= 11 is 0. The van der Waals surface area contributed by atoms with Gasteiger partial charge in [-0.3, -0.25) is 4.90 Å². The van der Waals surface area contributed by atoms with E-state index in [0.717, 1.165) is 13.1 Å². The Kier molecular flexibility index (Phi) is 2.45. The van der Waals surface area contributed by atoms with Crippen LogP contribution in [0.3, 0.4) is 0 Å². The summed E-state index contributed by atoms with van der Waals surface area (Å²) in [5.74, 6) is 1.26. The van der Waals surface area contributed by atoms with E-state index in [1.54, 1.807) is 0 Å². The SMILES string of the molecule is Cc1cccc(N2CC[NH2+]CC2)[nH+]1. The predicted octanol–water partition coefficient (Wildman–Crippen LogP) is -0.807. The maximum atomic E-state index is 3.39. The van der Waals surface area contributed by atoms with Gasteiger partial charge >= 0.3 is 0 Å². The fourth-order valence-corrected chi connectivity index (χ4v) is 1.74. The average molecular weight is 179 g/mol.